The van der Waals surface area contributed by atoms with E-state index in [9.17, 15) is 0 Å². The van der Waals surface area contributed by atoms with E-state index in [0.717, 1.165) is 10.6 Å². The summed E-state index contributed by atoms with van der Waals surface area (Å²) in [6, 6.07) is 7.47. The van der Waals surface area contributed by atoms with E-state index in [1.54, 1.807) is 0 Å². The quantitative estimate of drug-likeness (QED) is 0.406. The van der Waals surface area contributed by atoms with E-state index < -0.39 is 0 Å². The van der Waals surface area contributed by atoms with Crippen LogP contribution in [-0.2, 0) is 0 Å². The molecule has 0 aliphatic heterocycles. The zero-order chi connectivity index (χ0) is 8.69. The first-order chi connectivity index (χ1) is 5.22. The molecular formula is C8H14N2S. The van der Waals surface area contributed by atoms with Crippen molar-refractivity contribution >= 4 is 18.3 Å². The Balaban J connectivity index is 0.000000292. The highest BCUT2D eigenvalue weighted by Gasteiger charge is 1.85. The lowest BCUT2D eigenvalue weighted by atomic mass is 10.3. The molecule has 1 aromatic carbocycles. The first-order valence-corrected chi connectivity index (χ1v) is 3.79. The van der Waals surface area contributed by atoms with Gasteiger partial charge in [0, 0.05) is 10.6 Å². The Morgan fingerprint density at radius 3 is 2.00 bits per heavy atom. The fourth-order valence-electron chi connectivity index (χ4n) is 0.488. The number of anilines is 1. The maximum Gasteiger partial charge on any atom is 0.0449 e. The van der Waals surface area contributed by atoms with Gasteiger partial charge >= 0.3 is 0 Å². The number of nitrogens with two attached hydrogens (primary N) is 1. The molecule has 2 nitrogen and oxygen atoms in total. The molecule has 0 saturated carbocycles. The molecule has 11 heavy (non-hydrogen) atoms. The molecule has 0 fully saturated rings. The van der Waals surface area contributed by atoms with Crippen molar-refractivity contribution in [3.05, 3.63) is 24.3 Å². The van der Waals surface area contributed by atoms with Crippen molar-refractivity contribution in [1.29, 1.82) is 0 Å². The lowest BCUT2D eigenvalue weighted by Gasteiger charge is -1.92. The van der Waals surface area contributed by atoms with Crippen molar-refractivity contribution in [2.75, 3.05) is 19.8 Å². The van der Waals surface area contributed by atoms with E-state index in [1.807, 2.05) is 38.4 Å². The molecule has 0 bridgehead atoms. The number of thiol groups is 1. The van der Waals surface area contributed by atoms with Gasteiger partial charge in [-0.05, 0) is 26.2 Å². The molecular weight excluding hydrogens is 156 g/mol. The van der Waals surface area contributed by atoms with E-state index in [0.29, 0.717) is 0 Å². The van der Waals surface area contributed by atoms with Crippen LogP contribution in [0, 0.1) is 0 Å². The predicted octanol–water partition coefficient (Wildman–Crippen LogP) is 1.39. The third-order valence-corrected chi connectivity index (χ3v) is 1.34. The summed E-state index contributed by atoms with van der Waals surface area (Å²) in [5, 5.41) is 2.75. The molecule has 1 rings (SSSR count). The van der Waals surface area contributed by atoms with E-state index in [2.05, 4.69) is 17.9 Å². The summed E-state index contributed by atoms with van der Waals surface area (Å²) < 4.78 is 0. The van der Waals surface area contributed by atoms with Crippen molar-refractivity contribution < 1.29 is 0 Å². The molecule has 0 heterocycles. The number of rotatable bonds is 0. The predicted molar refractivity (Wildman–Crippen MR) is 53.1 cm³/mol. The minimum atomic E-state index is 0.732. The van der Waals surface area contributed by atoms with Crippen LogP contribution in [0.3, 0.4) is 0 Å². The first kappa shape index (κ1) is 10.3. The van der Waals surface area contributed by atoms with Gasteiger partial charge in [0.1, 0.15) is 0 Å². The maximum absolute atomic E-state index is 5.44. The minimum Gasteiger partial charge on any atom is -0.398 e. The highest BCUT2D eigenvalue weighted by atomic mass is 32.1. The van der Waals surface area contributed by atoms with Gasteiger partial charge in [0.2, 0.25) is 0 Å². The van der Waals surface area contributed by atoms with Gasteiger partial charge < -0.3 is 11.1 Å². The first-order valence-electron chi connectivity index (χ1n) is 3.34. The minimum absolute atomic E-state index is 0.732. The average molecular weight is 170 g/mol. The second-order valence-corrected chi connectivity index (χ2v) is 2.54. The van der Waals surface area contributed by atoms with Crippen LogP contribution in [0.4, 0.5) is 5.69 Å². The molecule has 0 aliphatic rings. The van der Waals surface area contributed by atoms with Crippen LogP contribution in [0.1, 0.15) is 0 Å². The van der Waals surface area contributed by atoms with Crippen LogP contribution in [0.2, 0.25) is 0 Å². The standard InChI is InChI=1S/C6H7NS.C2H7N/c7-5-3-1-2-4-6(5)8;1-3-2/h1-4,8H,7H2;3H,1-2H3. The monoisotopic (exact) mass is 170 g/mol. The average Bonchev–Trinajstić information content (AvgIpc) is 1.97. The largest absolute Gasteiger partial charge is 0.398 e. The Hall–Kier alpha value is -0.670. The third-order valence-electron chi connectivity index (χ3n) is 0.937. The summed E-state index contributed by atoms with van der Waals surface area (Å²) in [6.07, 6.45) is 0. The normalized spacial score (nSPS) is 8.27. The molecule has 0 aromatic heterocycles. The fourth-order valence-corrected chi connectivity index (χ4v) is 0.648. The molecule has 0 spiro atoms. The molecule has 0 unspecified atom stereocenters. The molecule has 0 aliphatic carbocycles. The molecule has 0 atom stereocenters. The van der Waals surface area contributed by atoms with Crippen LogP contribution < -0.4 is 11.1 Å². The molecule has 0 saturated heterocycles. The molecule has 3 heteroatoms. The zero-order valence-corrected chi connectivity index (χ0v) is 7.73. The molecule has 0 radical (unpaired) electrons. The molecule has 62 valence electrons. The van der Waals surface area contributed by atoms with E-state index in [4.69, 9.17) is 5.73 Å². The molecule has 1 aromatic rings. The van der Waals surface area contributed by atoms with Crippen LogP contribution in [-0.4, -0.2) is 14.1 Å². The SMILES string of the molecule is CNC.Nc1ccccc1S. The van der Waals surface area contributed by atoms with Gasteiger partial charge in [-0.15, -0.1) is 12.6 Å². The van der Waals surface area contributed by atoms with E-state index in [1.165, 1.54) is 0 Å². The van der Waals surface area contributed by atoms with E-state index >= 15 is 0 Å². The number of nitrogens with one attached hydrogen (secondary N) is 1. The van der Waals surface area contributed by atoms with Gasteiger partial charge in [-0.3, -0.25) is 0 Å². The van der Waals surface area contributed by atoms with Gasteiger partial charge in [0.25, 0.3) is 0 Å². The highest BCUT2D eigenvalue weighted by Crippen LogP contribution is 2.13. The second kappa shape index (κ2) is 6.07. The second-order valence-electron chi connectivity index (χ2n) is 2.06. The van der Waals surface area contributed by atoms with Crippen molar-refractivity contribution in [3.8, 4) is 0 Å². The van der Waals surface area contributed by atoms with Crippen LogP contribution >= 0.6 is 12.6 Å². The van der Waals surface area contributed by atoms with Gasteiger partial charge in [-0.2, -0.15) is 0 Å². The summed E-state index contributed by atoms with van der Waals surface area (Å²) >= 11 is 4.07. The Bertz CT molecular complexity index is 180. The summed E-state index contributed by atoms with van der Waals surface area (Å²) in [6.45, 7) is 0. The van der Waals surface area contributed by atoms with Crippen LogP contribution in [0.25, 0.3) is 0 Å². The number of hydrogen-bond acceptors (Lipinski definition) is 3. The molecule has 3 N–H and O–H groups in total. The van der Waals surface area contributed by atoms with E-state index in [-0.39, 0.29) is 0 Å². The summed E-state index contributed by atoms with van der Waals surface area (Å²) in [5.74, 6) is 0. The summed E-state index contributed by atoms with van der Waals surface area (Å²) in [5.41, 5.74) is 6.18. The van der Waals surface area contributed by atoms with Gasteiger partial charge in [-0.25, -0.2) is 0 Å². The summed E-state index contributed by atoms with van der Waals surface area (Å²) in [4.78, 5) is 0.840. The van der Waals surface area contributed by atoms with Gasteiger partial charge in [0.05, 0.1) is 0 Å². The van der Waals surface area contributed by atoms with Crippen molar-refractivity contribution in [2.45, 2.75) is 4.90 Å². The third kappa shape index (κ3) is 4.70. The van der Waals surface area contributed by atoms with Gasteiger partial charge in [0.15, 0.2) is 0 Å². The Morgan fingerprint density at radius 2 is 1.73 bits per heavy atom. The topological polar surface area (TPSA) is 38.0 Å². The lowest BCUT2D eigenvalue weighted by molar-refractivity contribution is 1.02. The Kier molecular flexibility index (Phi) is 5.70. The zero-order valence-electron chi connectivity index (χ0n) is 6.83. The molecule has 0 amide bonds. The Morgan fingerprint density at radius 1 is 1.27 bits per heavy atom. The fraction of sp³-hybridized carbons (Fsp3) is 0.250. The smallest absolute Gasteiger partial charge is 0.0449 e. The number of benzene rings is 1. The highest BCUT2D eigenvalue weighted by molar-refractivity contribution is 7.80. The van der Waals surface area contributed by atoms with Crippen LogP contribution in [0.15, 0.2) is 29.2 Å². The summed E-state index contributed by atoms with van der Waals surface area (Å²) in [7, 11) is 3.75. The van der Waals surface area contributed by atoms with Crippen molar-refractivity contribution in [3.63, 3.8) is 0 Å². The van der Waals surface area contributed by atoms with Gasteiger partial charge in [-0.1, -0.05) is 12.1 Å². The number of nitrogen functional groups attached to an aromatic ring is 1. The Labute approximate surface area is 73.2 Å². The van der Waals surface area contributed by atoms with Crippen molar-refractivity contribution in [2.24, 2.45) is 0 Å². The number of para-hydroxylation sites is 1. The van der Waals surface area contributed by atoms with Crippen LogP contribution in [0.5, 0.6) is 0 Å². The van der Waals surface area contributed by atoms with Crippen molar-refractivity contribution in [1.82, 2.24) is 5.32 Å². The number of hydrogen-bond donors (Lipinski definition) is 3. The lowest BCUT2D eigenvalue weighted by Crippen LogP contribution is -1.89. The maximum atomic E-state index is 5.44.